The average molecular weight is 295 g/mol. The molecular formula is C12H13N3O4S. The molecule has 1 heterocycles. The molecule has 0 radical (unpaired) electrons. The van der Waals surface area contributed by atoms with Gasteiger partial charge in [0.15, 0.2) is 0 Å². The van der Waals surface area contributed by atoms with Crippen molar-refractivity contribution in [3.05, 3.63) is 32.3 Å². The van der Waals surface area contributed by atoms with Crippen molar-refractivity contribution in [2.24, 2.45) is 5.11 Å². The van der Waals surface area contributed by atoms with Gasteiger partial charge in [-0.2, -0.15) is 0 Å². The molecule has 0 spiro atoms. The van der Waals surface area contributed by atoms with Crippen LogP contribution in [0.3, 0.4) is 0 Å². The molecule has 0 aromatic carbocycles. The Kier molecular flexibility index (Phi) is 6.28. The van der Waals surface area contributed by atoms with Crippen LogP contribution in [0.15, 0.2) is 22.1 Å². The van der Waals surface area contributed by atoms with E-state index in [1.54, 1.807) is 25.3 Å². The minimum atomic E-state index is -0.772. The van der Waals surface area contributed by atoms with Crippen molar-refractivity contribution in [1.29, 1.82) is 0 Å². The number of azide groups is 1. The summed E-state index contributed by atoms with van der Waals surface area (Å²) in [5.74, 6) is -1.54. The van der Waals surface area contributed by atoms with Gasteiger partial charge in [0.05, 0.1) is 18.9 Å². The Labute approximate surface area is 119 Å². The number of ether oxygens (including phenoxy) is 2. The first-order chi connectivity index (χ1) is 9.63. The highest BCUT2D eigenvalue weighted by atomic mass is 32.1. The summed E-state index contributed by atoms with van der Waals surface area (Å²) in [6.45, 7) is 3.56. The third-order valence-corrected chi connectivity index (χ3v) is 2.95. The van der Waals surface area contributed by atoms with Crippen LogP contribution in [0.25, 0.3) is 16.5 Å². The highest BCUT2D eigenvalue weighted by Crippen LogP contribution is 2.28. The molecule has 7 nitrogen and oxygen atoms in total. The average Bonchev–Trinajstić information content (AvgIpc) is 2.84. The fourth-order valence-electron chi connectivity index (χ4n) is 1.30. The van der Waals surface area contributed by atoms with Gasteiger partial charge in [0.25, 0.3) is 0 Å². The predicted molar refractivity (Wildman–Crippen MR) is 74.4 cm³/mol. The quantitative estimate of drug-likeness (QED) is 0.153. The van der Waals surface area contributed by atoms with Crippen molar-refractivity contribution < 1.29 is 19.1 Å². The zero-order chi connectivity index (χ0) is 15.0. The largest absolute Gasteiger partial charge is 0.462 e. The van der Waals surface area contributed by atoms with Gasteiger partial charge in [-0.1, -0.05) is 5.11 Å². The molecule has 106 valence electrons. The molecule has 8 heteroatoms. The van der Waals surface area contributed by atoms with Gasteiger partial charge in [-0.25, -0.2) is 9.59 Å². The lowest BCUT2D eigenvalue weighted by Crippen LogP contribution is -2.18. The lowest BCUT2D eigenvalue weighted by atomic mass is 10.2. The topological polar surface area (TPSA) is 101 Å². The van der Waals surface area contributed by atoms with Gasteiger partial charge in [-0.05, 0) is 36.9 Å². The number of carbonyl (C=O) groups is 2. The Bertz CT molecular complexity index is 553. The Morgan fingerprint density at radius 1 is 1.35 bits per heavy atom. The third-order valence-electron chi connectivity index (χ3n) is 2.09. The lowest BCUT2D eigenvalue weighted by molar-refractivity contribution is -0.146. The van der Waals surface area contributed by atoms with Crippen molar-refractivity contribution in [1.82, 2.24) is 0 Å². The molecule has 0 N–H and O–H groups in total. The summed E-state index contributed by atoms with van der Waals surface area (Å²) in [5.41, 5.74) is 8.55. The van der Waals surface area contributed by atoms with Crippen LogP contribution >= 0.6 is 11.3 Å². The van der Waals surface area contributed by atoms with E-state index in [0.717, 1.165) is 0 Å². The second-order valence-electron chi connectivity index (χ2n) is 3.36. The molecule has 1 rings (SSSR count). The van der Waals surface area contributed by atoms with Crippen molar-refractivity contribution >= 4 is 35.0 Å². The Hall–Kier alpha value is -2.31. The monoisotopic (exact) mass is 295 g/mol. The van der Waals surface area contributed by atoms with E-state index in [1.807, 2.05) is 0 Å². The predicted octanol–water partition coefficient (Wildman–Crippen LogP) is 3.20. The summed E-state index contributed by atoms with van der Waals surface area (Å²) in [5, 5.41) is 5.16. The molecule has 0 aliphatic carbocycles. The van der Waals surface area contributed by atoms with Crippen LogP contribution in [0.4, 0.5) is 5.69 Å². The Balaban J connectivity index is 3.17. The highest BCUT2D eigenvalue weighted by Gasteiger charge is 2.21. The van der Waals surface area contributed by atoms with E-state index in [-0.39, 0.29) is 18.8 Å². The molecule has 0 unspecified atom stereocenters. The number of hydrogen-bond acceptors (Lipinski definition) is 6. The molecule has 0 aliphatic rings. The smallest absolute Gasteiger partial charge is 0.345 e. The number of hydrogen-bond donors (Lipinski definition) is 0. The maximum Gasteiger partial charge on any atom is 0.345 e. The first-order valence-corrected chi connectivity index (χ1v) is 6.70. The van der Waals surface area contributed by atoms with Crippen molar-refractivity contribution in [2.75, 3.05) is 13.2 Å². The van der Waals surface area contributed by atoms with E-state index in [9.17, 15) is 9.59 Å². The SMILES string of the molecule is CCOC(=O)C(=Cc1sccc1N=[N+]=[N-])C(=O)OCC. The van der Waals surface area contributed by atoms with Crippen molar-refractivity contribution in [2.45, 2.75) is 13.8 Å². The minimum absolute atomic E-state index is 0.142. The van der Waals surface area contributed by atoms with Crippen LogP contribution in [-0.4, -0.2) is 25.2 Å². The molecular weight excluding hydrogens is 282 g/mol. The normalized spacial score (nSPS) is 9.30. The van der Waals surface area contributed by atoms with Gasteiger partial charge in [-0.3, -0.25) is 0 Å². The number of esters is 2. The highest BCUT2D eigenvalue weighted by molar-refractivity contribution is 7.11. The van der Waals surface area contributed by atoms with Gasteiger partial charge in [0.2, 0.25) is 0 Å². The zero-order valence-electron chi connectivity index (χ0n) is 11.0. The summed E-state index contributed by atoms with van der Waals surface area (Å²) in [6.07, 6.45) is 1.31. The van der Waals surface area contributed by atoms with Gasteiger partial charge < -0.3 is 9.47 Å². The molecule has 0 amide bonds. The van der Waals surface area contributed by atoms with Crippen LogP contribution in [0.1, 0.15) is 18.7 Å². The molecule has 0 fully saturated rings. The summed E-state index contributed by atoms with van der Waals surface area (Å²) in [7, 11) is 0. The third kappa shape index (κ3) is 4.11. The van der Waals surface area contributed by atoms with Gasteiger partial charge >= 0.3 is 11.9 Å². The van der Waals surface area contributed by atoms with Crippen molar-refractivity contribution in [3.63, 3.8) is 0 Å². The second-order valence-corrected chi connectivity index (χ2v) is 4.31. The molecule has 0 saturated heterocycles. The summed E-state index contributed by atoms with van der Waals surface area (Å²) in [4.78, 5) is 26.7. The molecule has 20 heavy (non-hydrogen) atoms. The minimum Gasteiger partial charge on any atom is -0.462 e. The first kappa shape index (κ1) is 15.7. The lowest BCUT2D eigenvalue weighted by Gasteiger charge is -2.06. The van der Waals surface area contributed by atoms with Crippen LogP contribution in [0.5, 0.6) is 0 Å². The number of carbonyl (C=O) groups excluding carboxylic acids is 2. The van der Waals surface area contributed by atoms with E-state index in [1.165, 1.54) is 17.4 Å². The van der Waals surface area contributed by atoms with Crippen LogP contribution in [0, 0.1) is 0 Å². The van der Waals surface area contributed by atoms with Gasteiger partial charge in [0.1, 0.15) is 5.57 Å². The molecule has 0 bridgehead atoms. The van der Waals surface area contributed by atoms with Crippen LogP contribution in [0.2, 0.25) is 0 Å². The number of rotatable bonds is 6. The van der Waals surface area contributed by atoms with Crippen molar-refractivity contribution in [3.8, 4) is 0 Å². The molecule has 0 saturated carbocycles. The van der Waals surface area contributed by atoms with E-state index in [0.29, 0.717) is 10.6 Å². The molecule has 1 aromatic heterocycles. The maximum atomic E-state index is 11.8. The summed E-state index contributed by atoms with van der Waals surface area (Å²) < 4.78 is 9.63. The van der Waals surface area contributed by atoms with E-state index in [2.05, 4.69) is 10.0 Å². The van der Waals surface area contributed by atoms with Crippen LogP contribution < -0.4 is 0 Å². The van der Waals surface area contributed by atoms with Gasteiger partial charge in [-0.15, -0.1) is 11.3 Å². The van der Waals surface area contributed by atoms with Crippen LogP contribution in [-0.2, 0) is 19.1 Å². The van der Waals surface area contributed by atoms with E-state index < -0.39 is 11.9 Å². The van der Waals surface area contributed by atoms with E-state index in [4.69, 9.17) is 15.0 Å². The molecule has 1 aromatic rings. The van der Waals surface area contributed by atoms with E-state index >= 15 is 0 Å². The summed E-state index contributed by atoms with van der Waals surface area (Å²) in [6, 6.07) is 1.59. The number of thiophene rings is 1. The number of nitrogens with zero attached hydrogens (tertiary/aromatic N) is 3. The molecule has 0 atom stereocenters. The molecule has 0 aliphatic heterocycles. The fraction of sp³-hybridized carbons (Fsp3) is 0.333. The Morgan fingerprint density at radius 3 is 2.45 bits per heavy atom. The summed E-state index contributed by atoms with van der Waals surface area (Å²) >= 11 is 1.23. The van der Waals surface area contributed by atoms with Gasteiger partial charge in [0, 0.05) is 9.79 Å². The first-order valence-electron chi connectivity index (χ1n) is 5.82. The second kappa shape index (κ2) is 7.98. The Morgan fingerprint density at radius 2 is 1.95 bits per heavy atom. The standard InChI is InChI=1S/C12H13N3O4S/c1-3-18-11(16)8(12(17)19-4-2)7-10-9(14-15-13)5-6-20-10/h5-7H,3-4H2,1-2H3. The maximum absolute atomic E-state index is 11.8. The zero-order valence-corrected chi connectivity index (χ0v) is 11.8. The fourth-order valence-corrected chi connectivity index (χ4v) is 2.06.